The molecular formula is C21H30N2O. The molecule has 4 N–H and O–H groups in total. The van der Waals surface area contributed by atoms with Crippen LogP contribution >= 0.6 is 0 Å². The Hall–Kier alpha value is -1.68. The maximum Gasteiger partial charge on any atom is 0.0818 e. The highest BCUT2D eigenvalue weighted by molar-refractivity contribution is 5.30. The average Bonchev–Trinajstić information content (AvgIpc) is 2.57. The van der Waals surface area contributed by atoms with Gasteiger partial charge in [-0.15, -0.1) is 0 Å². The van der Waals surface area contributed by atoms with Crippen molar-refractivity contribution in [1.29, 1.82) is 0 Å². The first kappa shape index (κ1) is 18.7. The second kappa shape index (κ2) is 9.58. The Bertz CT molecular complexity index is 612. The maximum atomic E-state index is 10.2. The van der Waals surface area contributed by atoms with Gasteiger partial charge in [-0.1, -0.05) is 54.1 Å². The van der Waals surface area contributed by atoms with Gasteiger partial charge in [-0.25, -0.2) is 0 Å². The third-order valence-electron chi connectivity index (χ3n) is 4.46. The predicted octanol–water partition coefficient (Wildman–Crippen LogP) is 2.76. The van der Waals surface area contributed by atoms with Gasteiger partial charge in [0.15, 0.2) is 0 Å². The van der Waals surface area contributed by atoms with Crippen LogP contribution in [0.2, 0.25) is 0 Å². The van der Waals surface area contributed by atoms with E-state index < -0.39 is 6.10 Å². The molecule has 2 aromatic carbocycles. The molecule has 0 saturated heterocycles. The summed E-state index contributed by atoms with van der Waals surface area (Å²) in [5.74, 6) is 0. The van der Waals surface area contributed by atoms with Crippen molar-refractivity contribution in [3.05, 3.63) is 70.8 Å². The summed E-state index contributed by atoms with van der Waals surface area (Å²) in [6, 6.07) is 16.5. The Balaban J connectivity index is 1.64. The van der Waals surface area contributed by atoms with Gasteiger partial charge in [0.2, 0.25) is 0 Å². The number of aliphatic hydroxyl groups is 1. The molecule has 24 heavy (non-hydrogen) atoms. The zero-order valence-corrected chi connectivity index (χ0v) is 14.8. The van der Waals surface area contributed by atoms with Crippen molar-refractivity contribution < 1.29 is 5.11 Å². The highest BCUT2D eigenvalue weighted by Crippen LogP contribution is 2.12. The van der Waals surface area contributed by atoms with E-state index in [1.807, 2.05) is 30.3 Å². The van der Waals surface area contributed by atoms with Gasteiger partial charge in [0.25, 0.3) is 0 Å². The van der Waals surface area contributed by atoms with E-state index in [1.54, 1.807) is 0 Å². The molecule has 0 radical (unpaired) electrons. The molecule has 130 valence electrons. The number of nitrogens with two attached hydrogens (primary N) is 1. The summed E-state index contributed by atoms with van der Waals surface area (Å²) in [5.41, 5.74) is 11.3. The first-order chi connectivity index (χ1) is 11.6. The Morgan fingerprint density at radius 3 is 2.54 bits per heavy atom. The van der Waals surface area contributed by atoms with Crippen LogP contribution in [0.5, 0.6) is 0 Å². The Labute approximate surface area is 145 Å². The van der Waals surface area contributed by atoms with Crippen molar-refractivity contribution in [3.8, 4) is 0 Å². The lowest BCUT2D eigenvalue weighted by Crippen LogP contribution is -2.43. The third kappa shape index (κ3) is 6.08. The molecule has 0 aliphatic heterocycles. The number of benzene rings is 2. The average molecular weight is 326 g/mol. The van der Waals surface area contributed by atoms with E-state index in [-0.39, 0.29) is 6.04 Å². The van der Waals surface area contributed by atoms with Crippen molar-refractivity contribution in [1.82, 2.24) is 5.32 Å². The van der Waals surface area contributed by atoms with Crippen LogP contribution in [0.25, 0.3) is 0 Å². The van der Waals surface area contributed by atoms with Gasteiger partial charge >= 0.3 is 0 Å². The monoisotopic (exact) mass is 326 g/mol. The van der Waals surface area contributed by atoms with Gasteiger partial charge in [0.1, 0.15) is 0 Å². The first-order valence-electron chi connectivity index (χ1n) is 8.80. The van der Waals surface area contributed by atoms with E-state index in [2.05, 4.69) is 37.4 Å². The minimum absolute atomic E-state index is 0.237. The van der Waals surface area contributed by atoms with Gasteiger partial charge in [-0.2, -0.15) is 0 Å². The Morgan fingerprint density at radius 1 is 1.08 bits per heavy atom. The van der Waals surface area contributed by atoms with Gasteiger partial charge in [0.05, 0.1) is 6.10 Å². The molecule has 0 bridgehead atoms. The van der Waals surface area contributed by atoms with Crippen molar-refractivity contribution in [3.63, 3.8) is 0 Å². The molecule has 0 aliphatic carbocycles. The number of hydrogen-bond donors (Lipinski definition) is 3. The highest BCUT2D eigenvalue weighted by Gasteiger charge is 2.14. The lowest BCUT2D eigenvalue weighted by Gasteiger charge is -2.19. The lowest BCUT2D eigenvalue weighted by atomic mass is 10.0. The van der Waals surface area contributed by atoms with Crippen molar-refractivity contribution >= 4 is 0 Å². The van der Waals surface area contributed by atoms with Gasteiger partial charge in [-0.3, -0.25) is 0 Å². The van der Waals surface area contributed by atoms with Gasteiger partial charge in [0, 0.05) is 12.6 Å². The summed E-state index contributed by atoms with van der Waals surface area (Å²) in [6.45, 7) is 5.73. The topological polar surface area (TPSA) is 58.3 Å². The molecule has 0 unspecified atom stereocenters. The zero-order valence-electron chi connectivity index (χ0n) is 14.8. The van der Waals surface area contributed by atoms with E-state index in [4.69, 9.17) is 5.73 Å². The molecule has 2 atom stereocenters. The van der Waals surface area contributed by atoms with E-state index in [1.165, 1.54) is 22.3 Å². The maximum absolute atomic E-state index is 10.2. The zero-order chi connectivity index (χ0) is 17.4. The van der Waals surface area contributed by atoms with Gasteiger partial charge in [-0.05, 0) is 56.3 Å². The smallest absolute Gasteiger partial charge is 0.0818 e. The van der Waals surface area contributed by atoms with Crippen molar-refractivity contribution in [2.45, 2.75) is 45.3 Å². The van der Waals surface area contributed by atoms with Crippen LogP contribution in [0.15, 0.2) is 48.5 Å². The van der Waals surface area contributed by atoms with Crippen LogP contribution in [0.3, 0.4) is 0 Å². The number of hydrogen-bond acceptors (Lipinski definition) is 3. The quantitative estimate of drug-likeness (QED) is 0.621. The fraction of sp³-hybridized carbons (Fsp3) is 0.429. The minimum atomic E-state index is -0.522. The van der Waals surface area contributed by atoms with Crippen LogP contribution in [0, 0.1) is 13.8 Å². The largest absolute Gasteiger partial charge is 0.390 e. The molecule has 0 aromatic heterocycles. The summed E-state index contributed by atoms with van der Waals surface area (Å²) in [6.07, 6.45) is 2.30. The number of rotatable bonds is 9. The summed E-state index contributed by atoms with van der Waals surface area (Å²) in [7, 11) is 0. The normalized spacial score (nSPS) is 13.7. The van der Waals surface area contributed by atoms with Crippen molar-refractivity contribution in [2.24, 2.45) is 5.73 Å². The van der Waals surface area contributed by atoms with Crippen LogP contribution in [-0.2, 0) is 12.8 Å². The predicted molar refractivity (Wildman–Crippen MR) is 101 cm³/mol. The highest BCUT2D eigenvalue weighted by atomic mass is 16.3. The standard InChI is InChI=1S/C21H30N2O/c1-16-10-11-19(17(2)13-16)9-6-12-23-15-21(24)20(22)14-18-7-4-3-5-8-18/h3-5,7-8,10-11,13,20-21,23-24H,6,9,12,14-15,22H2,1-2H3/t20-,21+/m0/s1. The Morgan fingerprint density at radius 2 is 1.83 bits per heavy atom. The molecule has 0 aliphatic rings. The van der Waals surface area contributed by atoms with E-state index in [0.29, 0.717) is 13.0 Å². The Kier molecular flexibility index (Phi) is 7.44. The first-order valence-corrected chi connectivity index (χ1v) is 8.80. The SMILES string of the molecule is Cc1ccc(CCCNC[C@@H](O)[C@@H](N)Cc2ccccc2)c(C)c1. The third-order valence-corrected chi connectivity index (χ3v) is 4.46. The van der Waals surface area contributed by atoms with E-state index in [9.17, 15) is 5.11 Å². The molecule has 0 saturated carbocycles. The van der Waals surface area contributed by atoms with Crippen LogP contribution in [0.4, 0.5) is 0 Å². The van der Waals surface area contributed by atoms with Crippen LogP contribution in [-0.4, -0.2) is 30.3 Å². The van der Waals surface area contributed by atoms with Crippen LogP contribution in [0.1, 0.15) is 28.7 Å². The van der Waals surface area contributed by atoms with Crippen LogP contribution < -0.4 is 11.1 Å². The molecule has 0 fully saturated rings. The molecule has 2 rings (SSSR count). The molecule has 3 heteroatoms. The lowest BCUT2D eigenvalue weighted by molar-refractivity contribution is 0.142. The number of aliphatic hydroxyl groups excluding tert-OH is 1. The number of nitrogens with one attached hydrogen (secondary N) is 1. The fourth-order valence-corrected chi connectivity index (χ4v) is 2.95. The fourth-order valence-electron chi connectivity index (χ4n) is 2.95. The molecule has 3 nitrogen and oxygen atoms in total. The minimum Gasteiger partial charge on any atom is -0.390 e. The van der Waals surface area contributed by atoms with Crippen molar-refractivity contribution in [2.75, 3.05) is 13.1 Å². The summed E-state index contributed by atoms with van der Waals surface area (Å²) in [5, 5.41) is 13.5. The molecule has 0 spiro atoms. The second-order valence-electron chi connectivity index (χ2n) is 6.66. The molecule has 2 aromatic rings. The second-order valence-corrected chi connectivity index (χ2v) is 6.66. The van der Waals surface area contributed by atoms with Gasteiger partial charge < -0.3 is 16.2 Å². The molecular weight excluding hydrogens is 296 g/mol. The summed E-state index contributed by atoms with van der Waals surface area (Å²) >= 11 is 0. The molecule has 0 amide bonds. The van der Waals surface area contributed by atoms with E-state index >= 15 is 0 Å². The summed E-state index contributed by atoms with van der Waals surface area (Å²) < 4.78 is 0. The summed E-state index contributed by atoms with van der Waals surface area (Å²) in [4.78, 5) is 0. The molecule has 0 heterocycles. The van der Waals surface area contributed by atoms with E-state index in [0.717, 1.165) is 19.4 Å². The number of aryl methyl sites for hydroxylation is 3.